The highest BCUT2D eigenvalue weighted by molar-refractivity contribution is 8.25. The van der Waals surface area contributed by atoms with Gasteiger partial charge in [-0.05, 0) is 49.1 Å². The molecule has 4 aliphatic heterocycles. The monoisotopic (exact) mass is 657 g/mol. The fourth-order valence-electron chi connectivity index (χ4n) is 6.83. The molecule has 15 heteroatoms. The Hall–Kier alpha value is -3.89. The molecule has 3 fully saturated rings. The molecule has 13 nitrogen and oxygen atoms in total. The number of carbonyl (C=O) groups is 4. The number of nitrogens with zero attached hydrogens (tertiary/aromatic N) is 4. The SMILES string of the molecule is COC1CCN(Cc2cc(-c3ccc4c(c3F)CN(C3CCC(=O)NC3=O)C4=O)nc3c2ccn3C2CS(O)(O)C2)CC1.O=CO. The first-order chi connectivity index (χ1) is 22.0. The number of aromatic nitrogens is 2. The number of methoxy groups -OCH3 is 1. The fourth-order valence-corrected chi connectivity index (χ4v) is 8.29. The van der Waals surface area contributed by atoms with Gasteiger partial charge < -0.3 is 19.3 Å². The van der Waals surface area contributed by atoms with Gasteiger partial charge in [0.1, 0.15) is 17.5 Å². The maximum atomic E-state index is 16.3. The van der Waals surface area contributed by atoms with Crippen LogP contribution in [0.5, 0.6) is 0 Å². The van der Waals surface area contributed by atoms with Gasteiger partial charge in [-0.1, -0.05) is 0 Å². The van der Waals surface area contributed by atoms with Crippen LogP contribution in [0.15, 0.2) is 30.5 Å². The second kappa shape index (κ2) is 12.7. The predicted octanol–water partition coefficient (Wildman–Crippen LogP) is 3.22. The van der Waals surface area contributed by atoms with Crippen molar-refractivity contribution in [1.29, 1.82) is 0 Å². The van der Waals surface area contributed by atoms with E-state index in [0.717, 1.165) is 36.9 Å². The highest BCUT2D eigenvalue weighted by atomic mass is 32.3. The molecule has 7 rings (SSSR count). The minimum atomic E-state index is -2.58. The number of hydrogen-bond acceptors (Lipinski definition) is 9. The normalized spacial score (nSPS) is 22.6. The number of likely N-dealkylation sites (tertiary alicyclic amines) is 1. The Morgan fingerprint density at radius 3 is 2.46 bits per heavy atom. The number of halogens is 1. The lowest BCUT2D eigenvalue weighted by atomic mass is 10.00. The highest BCUT2D eigenvalue weighted by Crippen LogP contribution is 2.54. The Bertz CT molecular complexity index is 1700. The molecule has 4 aliphatic rings. The number of benzene rings is 1. The van der Waals surface area contributed by atoms with Crippen LogP contribution in [0.3, 0.4) is 0 Å². The molecule has 1 aromatic carbocycles. The number of amides is 3. The summed E-state index contributed by atoms with van der Waals surface area (Å²) in [5.41, 5.74) is 2.73. The molecule has 3 aromatic rings. The fraction of sp³-hybridized carbons (Fsp3) is 0.452. The molecule has 3 amide bonds. The topological polar surface area (TPSA) is 175 Å². The highest BCUT2D eigenvalue weighted by Gasteiger charge is 2.41. The Morgan fingerprint density at radius 2 is 1.80 bits per heavy atom. The van der Waals surface area contributed by atoms with Crippen molar-refractivity contribution in [1.82, 2.24) is 24.7 Å². The Balaban J connectivity index is 0.00000119. The molecular formula is C31H36FN5O8S. The number of ether oxygens (including phenoxy) is 1. The quantitative estimate of drug-likeness (QED) is 0.228. The summed E-state index contributed by atoms with van der Waals surface area (Å²) in [5.74, 6) is -1.40. The zero-order chi connectivity index (χ0) is 32.7. The van der Waals surface area contributed by atoms with E-state index in [-0.39, 0.29) is 72.1 Å². The summed E-state index contributed by atoms with van der Waals surface area (Å²) in [4.78, 5) is 54.3. The first kappa shape index (κ1) is 32.1. The van der Waals surface area contributed by atoms with Crippen LogP contribution < -0.4 is 5.32 Å². The Labute approximate surface area is 265 Å². The van der Waals surface area contributed by atoms with Gasteiger partial charge in [-0.2, -0.15) is 10.6 Å². The van der Waals surface area contributed by atoms with Crippen LogP contribution in [0.4, 0.5) is 4.39 Å². The summed E-state index contributed by atoms with van der Waals surface area (Å²) < 4.78 is 43.9. The number of imide groups is 1. The maximum absolute atomic E-state index is 16.3. The van der Waals surface area contributed by atoms with Crippen LogP contribution in [0.1, 0.15) is 53.2 Å². The number of hydrogen-bond donors (Lipinski definition) is 4. The molecule has 246 valence electrons. The van der Waals surface area contributed by atoms with E-state index >= 15 is 4.39 Å². The molecule has 4 N–H and O–H groups in total. The van der Waals surface area contributed by atoms with Crippen molar-refractivity contribution < 1.29 is 42.5 Å². The van der Waals surface area contributed by atoms with Gasteiger partial charge in [0.05, 0.1) is 35.9 Å². The molecule has 46 heavy (non-hydrogen) atoms. The number of nitrogens with one attached hydrogen (secondary N) is 1. The molecule has 1 unspecified atom stereocenters. The molecule has 0 spiro atoms. The van der Waals surface area contributed by atoms with Crippen molar-refractivity contribution in [3.8, 4) is 11.3 Å². The molecule has 0 saturated carbocycles. The Morgan fingerprint density at radius 1 is 1.11 bits per heavy atom. The van der Waals surface area contributed by atoms with Gasteiger partial charge >= 0.3 is 0 Å². The van der Waals surface area contributed by atoms with Crippen molar-refractivity contribution in [2.75, 3.05) is 31.7 Å². The van der Waals surface area contributed by atoms with Crippen LogP contribution in [0.25, 0.3) is 22.3 Å². The van der Waals surface area contributed by atoms with Gasteiger partial charge in [0.2, 0.25) is 11.8 Å². The minimum absolute atomic E-state index is 0.0695. The minimum Gasteiger partial charge on any atom is -0.483 e. The van der Waals surface area contributed by atoms with E-state index in [1.807, 2.05) is 22.9 Å². The predicted molar refractivity (Wildman–Crippen MR) is 167 cm³/mol. The van der Waals surface area contributed by atoms with Crippen LogP contribution in [0.2, 0.25) is 0 Å². The number of piperidine rings is 2. The summed E-state index contributed by atoms with van der Waals surface area (Å²) >= 11 is 0. The molecule has 6 heterocycles. The zero-order valence-corrected chi connectivity index (χ0v) is 26.0. The van der Waals surface area contributed by atoms with E-state index in [0.29, 0.717) is 17.9 Å². The average molecular weight is 658 g/mol. The summed E-state index contributed by atoms with van der Waals surface area (Å²) in [6, 6.07) is 6.10. The molecule has 3 saturated heterocycles. The first-order valence-corrected chi connectivity index (χ1v) is 17.0. The average Bonchev–Trinajstić information content (AvgIpc) is 3.58. The van der Waals surface area contributed by atoms with Crippen molar-refractivity contribution in [3.05, 3.63) is 53.0 Å². The molecular weight excluding hydrogens is 621 g/mol. The summed E-state index contributed by atoms with van der Waals surface area (Å²) in [5, 5.41) is 10.1. The lowest BCUT2D eigenvalue weighted by molar-refractivity contribution is -0.137. The van der Waals surface area contributed by atoms with E-state index in [9.17, 15) is 23.5 Å². The van der Waals surface area contributed by atoms with Crippen LogP contribution in [-0.2, 0) is 32.2 Å². The van der Waals surface area contributed by atoms with E-state index in [4.69, 9.17) is 19.6 Å². The van der Waals surface area contributed by atoms with Gasteiger partial charge in [-0.15, -0.1) is 0 Å². The molecule has 0 radical (unpaired) electrons. The van der Waals surface area contributed by atoms with E-state index in [1.165, 1.54) is 4.90 Å². The summed E-state index contributed by atoms with van der Waals surface area (Å²) in [6.07, 6.45) is 4.33. The first-order valence-electron chi connectivity index (χ1n) is 15.1. The largest absolute Gasteiger partial charge is 0.483 e. The van der Waals surface area contributed by atoms with Crippen LogP contribution in [0, 0.1) is 5.82 Å². The van der Waals surface area contributed by atoms with Crippen LogP contribution >= 0.6 is 10.6 Å². The third kappa shape index (κ3) is 6.00. The summed E-state index contributed by atoms with van der Waals surface area (Å²) in [6.45, 7) is 2.06. The number of carbonyl (C=O) groups excluding carboxylic acids is 3. The van der Waals surface area contributed by atoms with Crippen LogP contribution in [-0.4, -0.2) is 102 Å². The summed E-state index contributed by atoms with van der Waals surface area (Å²) in [7, 11) is -0.845. The zero-order valence-electron chi connectivity index (χ0n) is 25.2. The van der Waals surface area contributed by atoms with Crippen molar-refractivity contribution in [2.24, 2.45) is 0 Å². The van der Waals surface area contributed by atoms with Crippen molar-refractivity contribution in [3.63, 3.8) is 0 Å². The van der Waals surface area contributed by atoms with Gasteiger partial charge in [0.25, 0.3) is 12.4 Å². The molecule has 0 aliphatic carbocycles. The maximum Gasteiger partial charge on any atom is 0.290 e. The number of carboxylic acid groups (broad SMARTS) is 1. The third-order valence-corrected chi connectivity index (χ3v) is 11.1. The molecule has 2 aromatic heterocycles. The standard InChI is InChI=1S/C30H34FN5O6S.CH2O2/c1-42-19-6-9-34(10-7-19)13-17-12-24(32-28-20(17)8-11-35(28)18-15-43(40,41)16-18)22-3-2-21-23(27(22)31)14-36(30(21)39)25-4-5-26(37)33-29(25)38;2-1-3/h2-3,8,11-12,18-19,25,40-41H,4-7,9-10,13-16H2,1H3,(H,33,37,38);1H,(H,2,3). The molecule has 1 atom stereocenters. The number of fused-ring (bicyclic) bond motifs is 2. The lowest BCUT2D eigenvalue weighted by Gasteiger charge is -2.47. The third-order valence-electron chi connectivity index (χ3n) is 9.27. The smallest absolute Gasteiger partial charge is 0.290 e. The second-order valence-electron chi connectivity index (χ2n) is 12.1. The number of rotatable bonds is 6. The number of pyridine rings is 1. The van der Waals surface area contributed by atoms with E-state index in [1.54, 1.807) is 19.2 Å². The van der Waals surface area contributed by atoms with Crippen molar-refractivity contribution in [2.45, 2.75) is 57.0 Å². The van der Waals surface area contributed by atoms with E-state index < -0.39 is 34.3 Å². The van der Waals surface area contributed by atoms with Crippen molar-refractivity contribution >= 4 is 45.8 Å². The van der Waals surface area contributed by atoms with Gasteiger partial charge in [-0.25, -0.2) is 9.37 Å². The Kier molecular flexibility index (Phi) is 8.87. The van der Waals surface area contributed by atoms with Gasteiger partial charge in [0.15, 0.2) is 0 Å². The lowest BCUT2D eigenvalue weighted by Crippen LogP contribution is -2.52. The van der Waals surface area contributed by atoms with Gasteiger partial charge in [0, 0.05) is 61.4 Å². The van der Waals surface area contributed by atoms with Gasteiger partial charge in [-0.3, -0.25) is 38.5 Å². The second-order valence-corrected chi connectivity index (χ2v) is 14.4. The molecule has 0 bridgehead atoms. The van der Waals surface area contributed by atoms with E-state index in [2.05, 4.69) is 10.2 Å².